The summed E-state index contributed by atoms with van der Waals surface area (Å²) in [5.41, 5.74) is 1.30. The molecular weight excluding hydrogens is 415 g/mol. The Morgan fingerprint density at radius 3 is 2.86 bits per heavy atom. The van der Waals surface area contributed by atoms with Crippen molar-refractivity contribution in [2.45, 2.75) is 26.0 Å². The second kappa shape index (κ2) is 7.82. The van der Waals surface area contributed by atoms with E-state index in [2.05, 4.69) is 4.98 Å². The molecule has 1 N–H and O–H groups in total. The first kappa shape index (κ1) is 19.9. The standard InChI is InChI=1S/C20H20Cl2N4O3/c1-3-29-20(28)18-19(27)11(2)9-26(18)15-8-14(25-7-6-23-10-25)12-4-5-13(21)16(22)17(12)24-15/h4-8,10-11,18-19,27H,3,9H2,1-2H3/t11-,18+,19+/m1/s1. The lowest BCUT2D eigenvalue weighted by Gasteiger charge is -2.26. The van der Waals surface area contributed by atoms with Crippen molar-refractivity contribution in [2.24, 2.45) is 5.92 Å². The molecule has 0 radical (unpaired) electrons. The number of hydrogen-bond donors (Lipinski definition) is 1. The third-order valence-electron chi connectivity index (χ3n) is 5.17. The van der Waals surface area contributed by atoms with E-state index in [9.17, 15) is 9.90 Å². The van der Waals surface area contributed by atoms with Gasteiger partial charge < -0.3 is 19.3 Å². The SMILES string of the molecule is CCOC(=O)[C@@H]1[C@@H](O)[C@H](C)CN1c1cc(-n2ccnc2)c2ccc(Cl)c(Cl)c2n1. The summed E-state index contributed by atoms with van der Waals surface area (Å²) in [6.07, 6.45) is 4.29. The Labute approximate surface area is 177 Å². The number of halogens is 2. The van der Waals surface area contributed by atoms with Gasteiger partial charge in [0, 0.05) is 36.3 Å². The highest BCUT2D eigenvalue weighted by atomic mass is 35.5. The van der Waals surface area contributed by atoms with Crippen molar-refractivity contribution in [1.29, 1.82) is 0 Å². The Hall–Kier alpha value is -2.35. The zero-order chi connectivity index (χ0) is 20.7. The van der Waals surface area contributed by atoms with Crippen LogP contribution in [0.15, 0.2) is 36.9 Å². The molecule has 1 fully saturated rings. The fourth-order valence-corrected chi connectivity index (χ4v) is 4.08. The molecule has 9 heteroatoms. The van der Waals surface area contributed by atoms with E-state index in [4.69, 9.17) is 32.9 Å². The molecule has 1 aromatic carbocycles. The van der Waals surface area contributed by atoms with Crippen LogP contribution in [-0.2, 0) is 9.53 Å². The average Bonchev–Trinajstić information content (AvgIpc) is 3.33. The zero-order valence-electron chi connectivity index (χ0n) is 15.9. The predicted molar refractivity (Wildman–Crippen MR) is 112 cm³/mol. The quantitative estimate of drug-likeness (QED) is 0.633. The number of aliphatic hydroxyl groups is 1. The molecule has 1 saturated heterocycles. The lowest BCUT2D eigenvalue weighted by molar-refractivity contribution is -0.147. The van der Waals surface area contributed by atoms with Gasteiger partial charge in [-0.2, -0.15) is 0 Å². The van der Waals surface area contributed by atoms with Gasteiger partial charge in [-0.1, -0.05) is 30.1 Å². The van der Waals surface area contributed by atoms with Crippen LogP contribution >= 0.6 is 23.2 Å². The molecule has 2 aromatic heterocycles. The first-order valence-electron chi connectivity index (χ1n) is 9.30. The van der Waals surface area contributed by atoms with E-state index in [0.717, 1.165) is 11.1 Å². The molecule has 152 valence electrons. The van der Waals surface area contributed by atoms with E-state index in [1.54, 1.807) is 30.4 Å². The number of anilines is 1. The van der Waals surface area contributed by atoms with Crippen LogP contribution < -0.4 is 4.90 Å². The van der Waals surface area contributed by atoms with Crippen molar-refractivity contribution in [1.82, 2.24) is 14.5 Å². The summed E-state index contributed by atoms with van der Waals surface area (Å²) >= 11 is 12.7. The molecule has 3 heterocycles. The average molecular weight is 435 g/mol. The smallest absolute Gasteiger partial charge is 0.331 e. The highest BCUT2D eigenvalue weighted by Gasteiger charge is 2.44. The number of hydrogen-bond acceptors (Lipinski definition) is 6. The van der Waals surface area contributed by atoms with Crippen LogP contribution in [0.1, 0.15) is 13.8 Å². The number of pyridine rings is 1. The monoisotopic (exact) mass is 434 g/mol. The number of aliphatic hydroxyl groups excluding tert-OH is 1. The van der Waals surface area contributed by atoms with Gasteiger partial charge in [-0.25, -0.2) is 14.8 Å². The molecule has 7 nitrogen and oxygen atoms in total. The molecule has 3 atom stereocenters. The van der Waals surface area contributed by atoms with Gasteiger partial charge in [0.1, 0.15) is 5.82 Å². The number of carbonyl (C=O) groups excluding carboxylic acids is 1. The summed E-state index contributed by atoms with van der Waals surface area (Å²) in [5, 5.41) is 12.1. The van der Waals surface area contributed by atoms with Crippen LogP contribution in [0.5, 0.6) is 0 Å². The fraction of sp³-hybridized carbons (Fsp3) is 0.350. The zero-order valence-corrected chi connectivity index (χ0v) is 17.4. The third-order valence-corrected chi connectivity index (χ3v) is 5.96. The van der Waals surface area contributed by atoms with Gasteiger partial charge in [-0.15, -0.1) is 0 Å². The largest absolute Gasteiger partial charge is 0.464 e. The molecular formula is C20H20Cl2N4O3. The molecule has 0 bridgehead atoms. The molecule has 0 amide bonds. The van der Waals surface area contributed by atoms with Gasteiger partial charge in [0.2, 0.25) is 0 Å². The molecule has 0 spiro atoms. The van der Waals surface area contributed by atoms with E-state index in [1.165, 1.54) is 0 Å². The summed E-state index contributed by atoms with van der Waals surface area (Å²) in [4.78, 5) is 23.2. The summed E-state index contributed by atoms with van der Waals surface area (Å²) in [7, 11) is 0. The molecule has 1 aliphatic heterocycles. The lowest BCUT2D eigenvalue weighted by atomic mass is 10.0. The maximum atomic E-state index is 12.6. The van der Waals surface area contributed by atoms with Crippen LogP contribution in [0, 0.1) is 5.92 Å². The number of nitrogens with zero attached hydrogens (tertiary/aromatic N) is 4. The van der Waals surface area contributed by atoms with E-state index in [-0.39, 0.29) is 12.5 Å². The Balaban J connectivity index is 1.91. The van der Waals surface area contributed by atoms with Gasteiger partial charge in [0.05, 0.1) is 40.3 Å². The van der Waals surface area contributed by atoms with Gasteiger partial charge in [0.15, 0.2) is 6.04 Å². The first-order valence-corrected chi connectivity index (χ1v) is 10.1. The Morgan fingerprint density at radius 1 is 1.38 bits per heavy atom. The Kier molecular flexibility index (Phi) is 5.38. The van der Waals surface area contributed by atoms with Crippen molar-refractivity contribution in [3.8, 4) is 5.69 Å². The van der Waals surface area contributed by atoms with Crippen molar-refractivity contribution < 1.29 is 14.6 Å². The van der Waals surface area contributed by atoms with Crippen LogP contribution in [-0.4, -0.2) is 50.9 Å². The molecule has 1 aliphatic rings. The van der Waals surface area contributed by atoms with Crippen LogP contribution in [0.3, 0.4) is 0 Å². The minimum atomic E-state index is -0.863. The predicted octanol–water partition coefficient (Wildman–Crippen LogP) is 3.48. The number of rotatable bonds is 4. The molecule has 3 aromatic rings. The summed E-state index contributed by atoms with van der Waals surface area (Å²) < 4.78 is 7.04. The maximum absolute atomic E-state index is 12.6. The molecule has 0 unspecified atom stereocenters. The van der Waals surface area contributed by atoms with E-state index >= 15 is 0 Å². The second-order valence-corrected chi connectivity index (χ2v) is 7.83. The number of ether oxygens (including phenoxy) is 1. The lowest BCUT2D eigenvalue weighted by Crippen LogP contribution is -2.44. The van der Waals surface area contributed by atoms with E-state index < -0.39 is 18.1 Å². The van der Waals surface area contributed by atoms with Gasteiger partial charge in [0.25, 0.3) is 0 Å². The van der Waals surface area contributed by atoms with Crippen molar-refractivity contribution in [2.75, 3.05) is 18.1 Å². The van der Waals surface area contributed by atoms with E-state index in [1.807, 2.05) is 29.8 Å². The number of imidazole rings is 1. The molecule has 4 rings (SSSR count). The third kappa shape index (κ3) is 3.43. The van der Waals surface area contributed by atoms with Gasteiger partial charge >= 0.3 is 5.97 Å². The summed E-state index contributed by atoms with van der Waals surface area (Å²) in [5.74, 6) is -0.104. The van der Waals surface area contributed by atoms with Crippen molar-refractivity contribution in [3.05, 3.63) is 47.0 Å². The normalized spacial score (nSPS) is 21.7. The van der Waals surface area contributed by atoms with Gasteiger partial charge in [-0.05, 0) is 19.1 Å². The minimum Gasteiger partial charge on any atom is -0.464 e. The van der Waals surface area contributed by atoms with Crippen LogP contribution in [0.2, 0.25) is 10.0 Å². The number of fused-ring (bicyclic) bond motifs is 1. The Bertz CT molecular complexity index is 1060. The Morgan fingerprint density at radius 2 is 2.17 bits per heavy atom. The number of benzene rings is 1. The van der Waals surface area contributed by atoms with Crippen molar-refractivity contribution in [3.63, 3.8) is 0 Å². The fourth-order valence-electron chi connectivity index (χ4n) is 3.72. The summed E-state index contributed by atoms with van der Waals surface area (Å²) in [6, 6.07) is 4.57. The highest BCUT2D eigenvalue weighted by molar-refractivity contribution is 6.45. The maximum Gasteiger partial charge on any atom is 0.331 e. The summed E-state index contributed by atoms with van der Waals surface area (Å²) in [6.45, 7) is 4.31. The van der Waals surface area contributed by atoms with Gasteiger partial charge in [-0.3, -0.25) is 0 Å². The minimum absolute atomic E-state index is 0.131. The molecule has 0 aliphatic carbocycles. The molecule has 0 saturated carbocycles. The second-order valence-electron chi connectivity index (χ2n) is 7.04. The number of esters is 1. The van der Waals surface area contributed by atoms with Crippen molar-refractivity contribution >= 4 is 45.9 Å². The highest BCUT2D eigenvalue weighted by Crippen LogP contribution is 2.37. The van der Waals surface area contributed by atoms with Crippen LogP contribution in [0.4, 0.5) is 5.82 Å². The molecule has 29 heavy (non-hydrogen) atoms. The van der Waals surface area contributed by atoms with Crippen LogP contribution in [0.25, 0.3) is 16.6 Å². The topological polar surface area (TPSA) is 80.5 Å². The first-order chi connectivity index (χ1) is 13.9. The van der Waals surface area contributed by atoms with E-state index in [0.29, 0.717) is 27.9 Å². The number of aromatic nitrogens is 3. The number of carbonyl (C=O) groups is 1.